The Bertz CT molecular complexity index is 1330. The molecule has 1 fully saturated rings. The van der Waals surface area contributed by atoms with Crippen LogP contribution in [0.25, 0.3) is 0 Å². The molecule has 10 heteroatoms. The largest absolute Gasteiger partial charge is 0.472 e. The number of nitrogens with zero attached hydrogens (tertiary/aromatic N) is 1. The lowest BCUT2D eigenvalue weighted by Gasteiger charge is -2.43. The molecule has 0 spiro atoms. The standard InChI is InChI=1S/C28H34N2O5S2Si/c1-19-17-30(26(32)29-25(19)31)24-16-22(35-27(36)37-5)23(34-24)18-33-38(28(2,3)4,20-12-8-6-9-13-20)21-14-10-7-11-15-21/h6-15,17,22-24H,16,18H2,1-5H3,(H,29,31,32)/t22-,23+,24+/m0/s1. The summed E-state index contributed by atoms with van der Waals surface area (Å²) in [6.45, 7) is 8.57. The van der Waals surface area contributed by atoms with Crippen molar-refractivity contribution < 1.29 is 13.9 Å². The van der Waals surface area contributed by atoms with Gasteiger partial charge in [0, 0.05) is 18.2 Å². The van der Waals surface area contributed by atoms with Crippen LogP contribution in [0.4, 0.5) is 0 Å². The maximum absolute atomic E-state index is 12.6. The van der Waals surface area contributed by atoms with Gasteiger partial charge in [0.1, 0.15) is 18.4 Å². The van der Waals surface area contributed by atoms with Crippen molar-refractivity contribution in [3.8, 4) is 0 Å². The molecule has 0 aliphatic carbocycles. The van der Waals surface area contributed by atoms with Crippen molar-refractivity contribution in [3.05, 3.63) is 93.3 Å². The third-order valence-corrected chi connectivity index (χ3v) is 13.0. The maximum Gasteiger partial charge on any atom is 0.330 e. The van der Waals surface area contributed by atoms with E-state index in [0.717, 1.165) is 10.4 Å². The number of thiocarbonyl (C=S) groups is 1. The lowest BCUT2D eigenvalue weighted by molar-refractivity contribution is -0.0396. The molecule has 0 saturated carbocycles. The quantitative estimate of drug-likeness (QED) is 0.342. The fourth-order valence-corrected chi connectivity index (χ4v) is 10.00. The van der Waals surface area contributed by atoms with Crippen LogP contribution in [-0.4, -0.2) is 47.3 Å². The Hall–Kier alpha value is -2.50. The van der Waals surface area contributed by atoms with E-state index in [0.29, 0.717) is 16.4 Å². The lowest BCUT2D eigenvalue weighted by atomic mass is 10.2. The number of thioether (sulfide) groups is 1. The molecular weight excluding hydrogens is 537 g/mol. The van der Waals surface area contributed by atoms with Crippen molar-refractivity contribution >= 4 is 47.1 Å². The van der Waals surface area contributed by atoms with Crippen LogP contribution in [0.1, 0.15) is 39.0 Å². The Morgan fingerprint density at radius 2 is 1.68 bits per heavy atom. The predicted molar refractivity (Wildman–Crippen MR) is 159 cm³/mol. The number of nitrogens with one attached hydrogen (secondary N) is 1. The normalized spacial score (nSPS) is 19.9. The van der Waals surface area contributed by atoms with E-state index in [-0.39, 0.29) is 11.6 Å². The van der Waals surface area contributed by atoms with Gasteiger partial charge in [-0.25, -0.2) is 4.79 Å². The first kappa shape index (κ1) is 28.5. The summed E-state index contributed by atoms with van der Waals surface area (Å²) in [5.74, 6) is 0. The Labute approximate surface area is 233 Å². The third kappa shape index (κ3) is 5.74. The summed E-state index contributed by atoms with van der Waals surface area (Å²) in [6.07, 6.45) is 2.25. The van der Waals surface area contributed by atoms with Crippen LogP contribution < -0.4 is 21.6 Å². The smallest absolute Gasteiger partial charge is 0.330 e. The summed E-state index contributed by atoms with van der Waals surface area (Å²) in [5.41, 5.74) is -0.505. The zero-order valence-electron chi connectivity index (χ0n) is 22.3. The first-order valence-corrected chi connectivity index (χ1v) is 16.1. The van der Waals surface area contributed by atoms with Crippen LogP contribution in [0.2, 0.25) is 5.04 Å². The second kappa shape index (κ2) is 11.7. The highest BCUT2D eigenvalue weighted by atomic mass is 32.2. The van der Waals surface area contributed by atoms with Gasteiger partial charge in [-0.1, -0.05) is 93.2 Å². The molecule has 3 atom stereocenters. The summed E-state index contributed by atoms with van der Waals surface area (Å²) >= 11 is 6.72. The van der Waals surface area contributed by atoms with Gasteiger partial charge in [0.25, 0.3) is 13.9 Å². The van der Waals surface area contributed by atoms with Crippen LogP contribution in [0.5, 0.6) is 0 Å². The van der Waals surface area contributed by atoms with E-state index < -0.39 is 38.0 Å². The van der Waals surface area contributed by atoms with Gasteiger partial charge in [-0.05, 0) is 40.8 Å². The third-order valence-electron chi connectivity index (χ3n) is 6.93. The molecule has 202 valence electrons. The van der Waals surface area contributed by atoms with Crippen molar-refractivity contribution in [2.24, 2.45) is 0 Å². The fraction of sp³-hybridized carbons (Fsp3) is 0.393. The van der Waals surface area contributed by atoms with Gasteiger partial charge in [0.2, 0.25) is 4.38 Å². The molecule has 0 bridgehead atoms. The highest BCUT2D eigenvalue weighted by Crippen LogP contribution is 2.38. The van der Waals surface area contributed by atoms with Gasteiger partial charge in [0.15, 0.2) is 0 Å². The summed E-state index contributed by atoms with van der Waals surface area (Å²) in [6, 6.07) is 20.8. The SMILES string of the molecule is CSC(=S)O[C@H]1C[C@H](n2cc(C)c(=O)[nH]c2=O)O[C@@H]1CO[Si](c1ccccc1)(c1ccccc1)C(C)(C)C. The van der Waals surface area contributed by atoms with Crippen LogP contribution >= 0.6 is 24.0 Å². The maximum atomic E-state index is 12.6. The molecular formula is C28H34N2O5S2Si. The first-order valence-electron chi connectivity index (χ1n) is 12.5. The Morgan fingerprint density at radius 1 is 1.11 bits per heavy atom. The first-order chi connectivity index (χ1) is 18.1. The monoisotopic (exact) mass is 570 g/mol. The molecule has 1 N–H and O–H groups in total. The van der Waals surface area contributed by atoms with Crippen molar-refractivity contribution in [3.63, 3.8) is 0 Å². The van der Waals surface area contributed by atoms with E-state index in [1.54, 1.807) is 6.92 Å². The summed E-state index contributed by atoms with van der Waals surface area (Å²) in [7, 11) is -2.81. The molecule has 1 aliphatic rings. The Morgan fingerprint density at radius 3 is 2.21 bits per heavy atom. The molecule has 1 aromatic heterocycles. The van der Waals surface area contributed by atoms with Crippen LogP contribution in [-0.2, 0) is 13.9 Å². The van der Waals surface area contributed by atoms with Crippen LogP contribution in [0, 0.1) is 6.92 Å². The number of hydrogen-bond acceptors (Lipinski definition) is 7. The zero-order valence-corrected chi connectivity index (χ0v) is 24.9. The van der Waals surface area contributed by atoms with Crippen molar-refractivity contribution in [1.82, 2.24) is 9.55 Å². The van der Waals surface area contributed by atoms with Gasteiger partial charge in [-0.3, -0.25) is 14.3 Å². The second-order valence-corrected chi connectivity index (χ2v) is 16.1. The van der Waals surface area contributed by atoms with Crippen molar-refractivity contribution in [1.29, 1.82) is 0 Å². The molecule has 1 aliphatic heterocycles. The molecule has 2 aromatic carbocycles. The molecule has 4 rings (SSSR count). The number of H-pyrrole nitrogens is 1. The molecule has 0 amide bonds. The number of aromatic nitrogens is 2. The van der Waals surface area contributed by atoms with Gasteiger partial charge >= 0.3 is 5.69 Å². The highest BCUT2D eigenvalue weighted by Gasteiger charge is 2.51. The predicted octanol–water partition coefficient (Wildman–Crippen LogP) is 3.74. The molecule has 0 radical (unpaired) electrons. The summed E-state index contributed by atoms with van der Waals surface area (Å²) in [5, 5.41) is 2.13. The van der Waals surface area contributed by atoms with Crippen molar-refractivity contribution in [2.45, 2.75) is 57.6 Å². The van der Waals surface area contributed by atoms with E-state index in [1.807, 2.05) is 42.7 Å². The minimum absolute atomic E-state index is 0.203. The summed E-state index contributed by atoms with van der Waals surface area (Å²) < 4.78 is 21.4. The summed E-state index contributed by atoms with van der Waals surface area (Å²) in [4.78, 5) is 26.9. The van der Waals surface area contributed by atoms with Gasteiger partial charge in [-0.15, -0.1) is 0 Å². The molecule has 3 aromatic rings. The molecule has 7 nitrogen and oxygen atoms in total. The minimum Gasteiger partial charge on any atom is -0.472 e. The second-order valence-electron chi connectivity index (χ2n) is 10.4. The number of ether oxygens (including phenoxy) is 2. The number of hydrogen-bond donors (Lipinski definition) is 1. The van der Waals surface area contributed by atoms with E-state index in [9.17, 15) is 9.59 Å². The topological polar surface area (TPSA) is 82.6 Å². The zero-order chi connectivity index (χ0) is 27.5. The average Bonchev–Trinajstić information content (AvgIpc) is 3.29. The molecule has 38 heavy (non-hydrogen) atoms. The Balaban J connectivity index is 1.71. The van der Waals surface area contributed by atoms with Gasteiger partial charge in [-0.2, -0.15) is 0 Å². The number of aromatic amines is 1. The van der Waals surface area contributed by atoms with Gasteiger partial charge in [0.05, 0.1) is 6.61 Å². The molecule has 1 saturated heterocycles. The minimum atomic E-state index is -2.81. The van der Waals surface area contributed by atoms with E-state index >= 15 is 0 Å². The fourth-order valence-electron chi connectivity index (χ4n) is 5.09. The van der Waals surface area contributed by atoms with Crippen molar-refractivity contribution in [2.75, 3.05) is 12.9 Å². The number of aryl methyl sites for hydroxylation is 1. The van der Waals surface area contributed by atoms with E-state index in [4.69, 9.17) is 26.1 Å². The number of rotatable bonds is 7. The highest BCUT2D eigenvalue weighted by molar-refractivity contribution is 8.22. The Kier molecular flexibility index (Phi) is 8.78. The van der Waals surface area contributed by atoms with Crippen LogP contribution in [0.15, 0.2) is 76.4 Å². The van der Waals surface area contributed by atoms with E-state index in [1.165, 1.54) is 22.5 Å². The lowest BCUT2D eigenvalue weighted by Crippen LogP contribution is -2.67. The van der Waals surface area contributed by atoms with Crippen LogP contribution in [0.3, 0.4) is 0 Å². The van der Waals surface area contributed by atoms with Gasteiger partial charge < -0.3 is 13.9 Å². The number of benzene rings is 2. The molecule has 0 unspecified atom stereocenters. The molecule has 2 heterocycles. The average molecular weight is 571 g/mol. The van der Waals surface area contributed by atoms with E-state index in [2.05, 4.69) is 50.0 Å².